The number of hydrogen-bond acceptors (Lipinski definition) is 3. The molecule has 3 N–H and O–H groups in total. The summed E-state index contributed by atoms with van der Waals surface area (Å²) in [5, 5.41) is 31.3. The van der Waals surface area contributed by atoms with Gasteiger partial charge in [0, 0.05) is 0 Å². The number of aliphatic hydroxyl groups is 3. The van der Waals surface area contributed by atoms with E-state index >= 15 is 0 Å². The summed E-state index contributed by atoms with van der Waals surface area (Å²) in [5.74, 6) is 0. The second kappa shape index (κ2) is 8.71. The zero-order chi connectivity index (χ0) is 22.2. The molecule has 0 aromatic heterocycles. The molecule has 0 radical (unpaired) electrons. The number of rotatable bonds is 4. The normalized spacial score (nSPS) is 22.7. The molecule has 2 aliphatic carbocycles. The van der Waals surface area contributed by atoms with Crippen LogP contribution in [0.3, 0.4) is 0 Å². The molecule has 2 aliphatic rings. The lowest BCUT2D eigenvalue weighted by atomic mass is 9.90. The van der Waals surface area contributed by atoms with E-state index in [4.69, 9.17) is 0 Å². The SMILES string of the molecule is C[Si](C)(C)/C=C1/C2=C(CCCc3cccc(/C=C/c4cccc(CO)c4)c32)[C@H](O)[C@@H]1O. The van der Waals surface area contributed by atoms with Crippen molar-refractivity contribution in [3.63, 3.8) is 0 Å². The van der Waals surface area contributed by atoms with E-state index < -0.39 is 20.3 Å². The highest BCUT2D eigenvalue weighted by Crippen LogP contribution is 2.46. The molecule has 162 valence electrons. The van der Waals surface area contributed by atoms with Crippen LogP contribution in [0.25, 0.3) is 17.7 Å². The minimum atomic E-state index is -1.62. The average molecular weight is 433 g/mol. The summed E-state index contributed by atoms with van der Waals surface area (Å²) in [6.45, 7) is 6.80. The first-order valence-electron chi connectivity index (χ1n) is 11.1. The van der Waals surface area contributed by atoms with Crippen LogP contribution in [0.15, 0.2) is 59.3 Å². The van der Waals surface area contributed by atoms with Crippen molar-refractivity contribution in [3.05, 3.63) is 87.1 Å². The van der Waals surface area contributed by atoms with Crippen LogP contribution in [-0.2, 0) is 13.0 Å². The maximum atomic E-state index is 10.9. The van der Waals surface area contributed by atoms with Crippen molar-refractivity contribution in [2.45, 2.75) is 57.7 Å². The Hall–Kier alpha value is -2.24. The largest absolute Gasteiger partial charge is 0.392 e. The molecule has 3 nitrogen and oxygen atoms in total. The van der Waals surface area contributed by atoms with Crippen LogP contribution in [-0.4, -0.2) is 35.6 Å². The van der Waals surface area contributed by atoms with Crippen LogP contribution < -0.4 is 0 Å². The van der Waals surface area contributed by atoms with Gasteiger partial charge in [-0.05, 0) is 69.9 Å². The minimum Gasteiger partial charge on any atom is -0.392 e. The third-order valence-corrected chi connectivity index (χ3v) is 7.26. The maximum absolute atomic E-state index is 10.9. The molecule has 0 heterocycles. The number of benzene rings is 2. The first-order chi connectivity index (χ1) is 14.8. The summed E-state index contributed by atoms with van der Waals surface area (Å²) in [7, 11) is -1.62. The molecule has 31 heavy (non-hydrogen) atoms. The molecule has 0 amide bonds. The van der Waals surface area contributed by atoms with Gasteiger partial charge in [0.05, 0.1) is 14.7 Å². The third kappa shape index (κ3) is 4.53. The standard InChI is InChI=1S/C27H32O3Si/c1-31(2,3)17-23-25-22(26(29)27(23)30)12-6-11-20-9-5-10-21(24(20)25)14-13-18-7-4-8-19(15-18)16-28/h4-5,7-10,13-15,17,26-30H,6,11-12,16H2,1-3H3/b14-13+,23-17-/t26-,27+/m0/s1. The second-order valence-electron chi connectivity index (χ2n) is 9.73. The van der Waals surface area contributed by atoms with Gasteiger partial charge in [0.25, 0.3) is 0 Å². The van der Waals surface area contributed by atoms with Crippen molar-refractivity contribution in [1.29, 1.82) is 0 Å². The average Bonchev–Trinajstić information content (AvgIpc) is 2.88. The van der Waals surface area contributed by atoms with E-state index in [-0.39, 0.29) is 6.61 Å². The number of aryl methyl sites for hydroxylation is 1. The summed E-state index contributed by atoms with van der Waals surface area (Å²) >= 11 is 0. The monoisotopic (exact) mass is 432 g/mol. The Morgan fingerprint density at radius 2 is 1.74 bits per heavy atom. The molecule has 2 atom stereocenters. The Morgan fingerprint density at radius 1 is 0.968 bits per heavy atom. The van der Waals surface area contributed by atoms with Crippen LogP contribution >= 0.6 is 0 Å². The van der Waals surface area contributed by atoms with Crippen molar-refractivity contribution in [3.8, 4) is 0 Å². The van der Waals surface area contributed by atoms with Gasteiger partial charge in [-0.2, -0.15) is 0 Å². The Kier molecular flexibility index (Phi) is 6.17. The molecule has 4 heteroatoms. The van der Waals surface area contributed by atoms with E-state index in [1.54, 1.807) is 0 Å². The zero-order valence-electron chi connectivity index (χ0n) is 18.6. The summed E-state index contributed by atoms with van der Waals surface area (Å²) < 4.78 is 0. The molecule has 0 saturated heterocycles. The Balaban J connectivity index is 1.86. The lowest BCUT2D eigenvalue weighted by molar-refractivity contribution is 0.0741. The van der Waals surface area contributed by atoms with Crippen molar-refractivity contribution >= 4 is 25.8 Å². The van der Waals surface area contributed by atoms with Crippen LogP contribution in [0.4, 0.5) is 0 Å². The molecule has 2 aromatic carbocycles. The van der Waals surface area contributed by atoms with Crippen molar-refractivity contribution < 1.29 is 15.3 Å². The molecule has 2 aromatic rings. The van der Waals surface area contributed by atoms with E-state index in [9.17, 15) is 15.3 Å². The Labute approximate surface area is 186 Å². The number of aliphatic hydroxyl groups excluding tert-OH is 3. The second-order valence-corrected chi connectivity index (χ2v) is 14.7. The first-order valence-corrected chi connectivity index (χ1v) is 14.7. The van der Waals surface area contributed by atoms with Gasteiger partial charge >= 0.3 is 0 Å². The van der Waals surface area contributed by atoms with E-state index in [2.05, 4.69) is 55.7 Å². The van der Waals surface area contributed by atoms with Crippen LogP contribution in [0, 0.1) is 0 Å². The highest BCUT2D eigenvalue weighted by molar-refractivity contribution is 6.81. The molecule has 0 saturated carbocycles. The molecule has 0 bridgehead atoms. The van der Waals surface area contributed by atoms with Crippen LogP contribution in [0.1, 0.15) is 40.7 Å². The van der Waals surface area contributed by atoms with Crippen molar-refractivity contribution in [2.24, 2.45) is 0 Å². The van der Waals surface area contributed by atoms with Crippen molar-refractivity contribution in [2.75, 3.05) is 0 Å². The highest BCUT2D eigenvalue weighted by atomic mass is 28.3. The number of fused-ring (bicyclic) bond motifs is 2. The summed E-state index contributed by atoms with van der Waals surface area (Å²) in [5.41, 5.74) is 10.7. The molecule has 0 fully saturated rings. The fourth-order valence-electron chi connectivity index (χ4n) is 4.77. The topological polar surface area (TPSA) is 60.7 Å². The molecular formula is C27H32O3Si. The summed E-state index contributed by atoms with van der Waals surface area (Å²) in [6.07, 6.45) is 5.28. The number of hydrogen-bond donors (Lipinski definition) is 3. The van der Waals surface area contributed by atoms with Gasteiger partial charge in [0.1, 0.15) is 12.2 Å². The first kappa shape index (κ1) is 22.0. The van der Waals surface area contributed by atoms with E-state index in [1.807, 2.05) is 24.3 Å². The minimum absolute atomic E-state index is 0.0271. The predicted molar refractivity (Wildman–Crippen MR) is 131 cm³/mol. The van der Waals surface area contributed by atoms with Gasteiger partial charge in [-0.1, -0.05) is 73.9 Å². The third-order valence-electron chi connectivity index (χ3n) is 6.09. The van der Waals surface area contributed by atoms with E-state index in [0.29, 0.717) is 0 Å². The van der Waals surface area contributed by atoms with E-state index in [1.165, 1.54) is 5.56 Å². The zero-order valence-corrected chi connectivity index (χ0v) is 19.6. The Bertz CT molecular complexity index is 1070. The molecule has 0 aliphatic heterocycles. The quantitative estimate of drug-likeness (QED) is 0.472. The fraction of sp³-hybridized carbons (Fsp3) is 0.333. The van der Waals surface area contributed by atoms with Gasteiger partial charge in [0.2, 0.25) is 0 Å². The lowest BCUT2D eigenvalue weighted by Crippen LogP contribution is -2.26. The van der Waals surface area contributed by atoms with Gasteiger partial charge < -0.3 is 15.3 Å². The molecule has 0 spiro atoms. The van der Waals surface area contributed by atoms with Gasteiger partial charge in [-0.25, -0.2) is 0 Å². The van der Waals surface area contributed by atoms with Gasteiger partial charge in [-0.3, -0.25) is 0 Å². The lowest BCUT2D eigenvalue weighted by Gasteiger charge is -2.20. The highest BCUT2D eigenvalue weighted by Gasteiger charge is 2.39. The summed E-state index contributed by atoms with van der Waals surface area (Å²) in [4.78, 5) is 0. The summed E-state index contributed by atoms with van der Waals surface area (Å²) in [6, 6.07) is 14.3. The molecule has 0 unspecified atom stereocenters. The Morgan fingerprint density at radius 3 is 2.48 bits per heavy atom. The molecular weight excluding hydrogens is 400 g/mol. The predicted octanol–water partition coefficient (Wildman–Crippen LogP) is 4.98. The van der Waals surface area contributed by atoms with E-state index in [0.717, 1.165) is 58.2 Å². The van der Waals surface area contributed by atoms with Crippen LogP contribution in [0.2, 0.25) is 19.6 Å². The fourth-order valence-corrected chi connectivity index (χ4v) is 6.01. The smallest absolute Gasteiger partial charge is 0.109 e. The van der Waals surface area contributed by atoms with Crippen LogP contribution in [0.5, 0.6) is 0 Å². The van der Waals surface area contributed by atoms with Gasteiger partial charge in [0.15, 0.2) is 0 Å². The maximum Gasteiger partial charge on any atom is 0.109 e. The van der Waals surface area contributed by atoms with Crippen molar-refractivity contribution in [1.82, 2.24) is 0 Å². The molecule has 4 rings (SSSR count). The van der Waals surface area contributed by atoms with Gasteiger partial charge in [-0.15, -0.1) is 0 Å².